The Bertz CT molecular complexity index is 483. The highest BCUT2D eigenvalue weighted by Crippen LogP contribution is 2.18. The molecule has 21 heavy (non-hydrogen) atoms. The van der Waals surface area contributed by atoms with Crippen LogP contribution in [0.3, 0.4) is 0 Å². The number of nitrogens with two attached hydrogens (primary N) is 1. The fourth-order valence-electron chi connectivity index (χ4n) is 2.81. The molecular weight excluding hydrogens is 268 g/mol. The van der Waals surface area contributed by atoms with Gasteiger partial charge in [0.15, 0.2) is 0 Å². The average Bonchev–Trinajstić information content (AvgIpc) is 3.16. The van der Waals surface area contributed by atoms with Crippen LogP contribution >= 0.6 is 0 Å². The number of benzene rings is 1. The lowest BCUT2D eigenvalue weighted by atomic mass is 10.2. The van der Waals surface area contributed by atoms with E-state index in [1.165, 1.54) is 0 Å². The van der Waals surface area contributed by atoms with E-state index < -0.39 is 0 Å². The Morgan fingerprint density at radius 1 is 1.33 bits per heavy atom. The zero-order chi connectivity index (χ0) is 14.7. The highest BCUT2D eigenvalue weighted by Gasteiger charge is 2.24. The molecule has 2 N–H and O–H groups in total. The van der Waals surface area contributed by atoms with Crippen LogP contribution in [0.5, 0.6) is 5.75 Å². The van der Waals surface area contributed by atoms with Gasteiger partial charge < -0.3 is 20.1 Å². The molecular formula is C16H22N2O3. The van der Waals surface area contributed by atoms with E-state index in [0.29, 0.717) is 18.7 Å². The molecule has 0 aromatic heterocycles. The van der Waals surface area contributed by atoms with Crippen molar-refractivity contribution in [3.05, 3.63) is 29.8 Å². The van der Waals surface area contributed by atoms with Crippen molar-refractivity contribution in [2.24, 2.45) is 5.73 Å². The quantitative estimate of drug-likeness (QED) is 0.911. The van der Waals surface area contributed by atoms with Crippen LogP contribution in [0.1, 0.15) is 29.6 Å². The van der Waals surface area contributed by atoms with E-state index >= 15 is 0 Å². The van der Waals surface area contributed by atoms with Crippen LogP contribution in [0.2, 0.25) is 0 Å². The van der Waals surface area contributed by atoms with Crippen LogP contribution in [-0.2, 0) is 4.74 Å². The van der Waals surface area contributed by atoms with E-state index in [-0.39, 0.29) is 18.1 Å². The summed E-state index contributed by atoms with van der Waals surface area (Å²) < 4.78 is 11.2. The topological polar surface area (TPSA) is 64.8 Å². The average molecular weight is 290 g/mol. The fourth-order valence-corrected chi connectivity index (χ4v) is 2.81. The fraction of sp³-hybridized carbons (Fsp3) is 0.562. The van der Waals surface area contributed by atoms with Crippen molar-refractivity contribution >= 4 is 5.91 Å². The molecule has 1 aromatic carbocycles. The number of hydrogen-bond donors (Lipinski definition) is 1. The molecule has 2 heterocycles. The molecule has 0 radical (unpaired) electrons. The normalized spacial score (nSPS) is 25.3. The second-order valence-electron chi connectivity index (χ2n) is 5.77. The number of likely N-dealkylation sites (tertiary alicyclic amines) is 1. The summed E-state index contributed by atoms with van der Waals surface area (Å²) in [4.78, 5) is 14.1. The third kappa shape index (κ3) is 3.54. The molecule has 5 nitrogen and oxygen atoms in total. The summed E-state index contributed by atoms with van der Waals surface area (Å²) in [5.74, 6) is 0.828. The van der Waals surface area contributed by atoms with Crippen molar-refractivity contribution in [3.63, 3.8) is 0 Å². The van der Waals surface area contributed by atoms with Crippen LogP contribution < -0.4 is 10.5 Å². The Kier molecular flexibility index (Phi) is 4.41. The van der Waals surface area contributed by atoms with Crippen molar-refractivity contribution in [1.82, 2.24) is 4.90 Å². The maximum Gasteiger partial charge on any atom is 0.253 e. The minimum absolute atomic E-state index is 0.0497. The molecule has 0 spiro atoms. The van der Waals surface area contributed by atoms with E-state index in [2.05, 4.69) is 0 Å². The minimum Gasteiger partial charge on any atom is -0.491 e. The molecule has 5 heteroatoms. The number of nitrogens with zero attached hydrogens (tertiary/aromatic N) is 1. The van der Waals surface area contributed by atoms with Gasteiger partial charge in [0.25, 0.3) is 5.91 Å². The van der Waals surface area contributed by atoms with Crippen LogP contribution in [0.15, 0.2) is 24.3 Å². The van der Waals surface area contributed by atoms with Crippen molar-refractivity contribution in [1.29, 1.82) is 0 Å². The van der Waals surface area contributed by atoms with Crippen molar-refractivity contribution in [2.75, 3.05) is 26.3 Å². The maximum absolute atomic E-state index is 12.3. The molecule has 114 valence electrons. The van der Waals surface area contributed by atoms with E-state index in [4.69, 9.17) is 15.2 Å². The minimum atomic E-state index is 0.0497. The standard InChI is InChI=1S/C16H22N2O3/c17-13-7-8-18(10-13)16(19)12-3-5-14(6-4-12)21-11-15-2-1-9-20-15/h3-6,13,15H,1-2,7-11,17H2/t13-,15?/m1/s1. The number of carbonyl (C=O) groups excluding carboxylic acids is 1. The van der Waals surface area contributed by atoms with Crippen LogP contribution in [0.25, 0.3) is 0 Å². The first-order chi connectivity index (χ1) is 10.2. The number of carbonyl (C=O) groups is 1. The van der Waals surface area contributed by atoms with Gasteiger partial charge in [0, 0.05) is 31.3 Å². The molecule has 1 aromatic rings. The first-order valence-corrected chi connectivity index (χ1v) is 7.62. The van der Waals surface area contributed by atoms with Crippen molar-refractivity contribution in [3.8, 4) is 5.75 Å². The van der Waals surface area contributed by atoms with Gasteiger partial charge in [-0.3, -0.25) is 4.79 Å². The Hall–Kier alpha value is -1.59. The predicted octanol–water partition coefficient (Wildman–Crippen LogP) is 1.42. The molecule has 2 aliphatic heterocycles. The molecule has 2 saturated heterocycles. The lowest BCUT2D eigenvalue weighted by Gasteiger charge is -2.16. The largest absolute Gasteiger partial charge is 0.491 e. The third-order valence-corrected chi connectivity index (χ3v) is 4.07. The molecule has 1 amide bonds. The first-order valence-electron chi connectivity index (χ1n) is 7.62. The van der Waals surface area contributed by atoms with E-state index in [9.17, 15) is 4.79 Å². The zero-order valence-corrected chi connectivity index (χ0v) is 12.2. The van der Waals surface area contributed by atoms with Crippen molar-refractivity contribution in [2.45, 2.75) is 31.4 Å². The third-order valence-electron chi connectivity index (χ3n) is 4.07. The molecule has 1 unspecified atom stereocenters. The number of rotatable bonds is 4. The molecule has 2 aliphatic rings. The molecule has 3 rings (SSSR count). The van der Waals surface area contributed by atoms with Crippen LogP contribution in [0.4, 0.5) is 0 Å². The van der Waals surface area contributed by atoms with Crippen molar-refractivity contribution < 1.29 is 14.3 Å². The van der Waals surface area contributed by atoms with Gasteiger partial charge in [-0.15, -0.1) is 0 Å². The van der Waals surface area contributed by atoms with Gasteiger partial charge in [-0.25, -0.2) is 0 Å². The number of ether oxygens (including phenoxy) is 2. The second kappa shape index (κ2) is 6.45. The van der Waals surface area contributed by atoms with Gasteiger partial charge in [0.2, 0.25) is 0 Å². The second-order valence-corrected chi connectivity index (χ2v) is 5.77. The summed E-state index contributed by atoms with van der Waals surface area (Å²) in [6, 6.07) is 7.44. The van der Waals surface area contributed by atoms with Crippen LogP contribution in [0, 0.1) is 0 Å². The van der Waals surface area contributed by atoms with E-state index in [0.717, 1.165) is 38.2 Å². The molecule has 2 fully saturated rings. The molecule has 0 aliphatic carbocycles. The lowest BCUT2D eigenvalue weighted by molar-refractivity contribution is 0.0679. The van der Waals surface area contributed by atoms with Gasteiger partial charge in [-0.05, 0) is 43.5 Å². The summed E-state index contributed by atoms with van der Waals surface area (Å²) in [6.45, 7) is 2.81. The van der Waals surface area contributed by atoms with Gasteiger partial charge in [0.05, 0.1) is 6.10 Å². The summed E-state index contributed by atoms with van der Waals surface area (Å²) in [5.41, 5.74) is 6.53. The highest BCUT2D eigenvalue weighted by atomic mass is 16.5. The molecule has 0 bridgehead atoms. The predicted molar refractivity (Wildman–Crippen MR) is 79.4 cm³/mol. The summed E-state index contributed by atoms with van der Waals surface area (Å²) in [7, 11) is 0. The molecule has 2 atom stereocenters. The summed E-state index contributed by atoms with van der Waals surface area (Å²) in [6.07, 6.45) is 3.26. The van der Waals surface area contributed by atoms with Gasteiger partial charge in [-0.2, -0.15) is 0 Å². The highest BCUT2D eigenvalue weighted by molar-refractivity contribution is 5.94. The van der Waals surface area contributed by atoms with Crippen LogP contribution in [-0.4, -0.2) is 49.3 Å². The van der Waals surface area contributed by atoms with E-state index in [1.807, 2.05) is 29.2 Å². The summed E-state index contributed by atoms with van der Waals surface area (Å²) >= 11 is 0. The summed E-state index contributed by atoms with van der Waals surface area (Å²) in [5, 5.41) is 0. The number of amides is 1. The molecule has 0 saturated carbocycles. The first kappa shape index (κ1) is 14.4. The lowest BCUT2D eigenvalue weighted by Crippen LogP contribution is -2.31. The van der Waals surface area contributed by atoms with E-state index in [1.54, 1.807) is 0 Å². The van der Waals surface area contributed by atoms with Gasteiger partial charge >= 0.3 is 0 Å². The Morgan fingerprint density at radius 3 is 2.76 bits per heavy atom. The monoisotopic (exact) mass is 290 g/mol. The zero-order valence-electron chi connectivity index (χ0n) is 12.2. The van der Waals surface area contributed by atoms with Gasteiger partial charge in [-0.1, -0.05) is 0 Å². The number of hydrogen-bond acceptors (Lipinski definition) is 4. The SMILES string of the molecule is N[C@@H]1CCN(C(=O)c2ccc(OCC3CCCO3)cc2)C1. The maximum atomic E-state index is 12.3. The Balaban J connectivity index is 1.54. The smallest absolute Gasteiger partial charge is 0.253 e. The Morgan fingerprint density at radius 2 is 2.14 bits per heavy atom. The van der Waals surface area contributed by atoms with Gasteiger partial charge in [0.1, 0.15) is 12.4 Å². The Labute approximate surface area is 125 Å².